The van der Waals surface area contributed by atoms with Gasteiger partial charge in [0, 0.05) is 26.3 Å². The number of hydrogen-bond donors (Lipinski definition) is 5. The molecule has 5 aromatic rings. The number of quaternary nitrogens is 1. The minimum atomic E-state index is -4.40. The SMILES string of the molecule is C1CCOC1.CCCC[NH+](CCCC)CCCC.COc1nc(N)nc2c1ncn2CCOCP(=O)(O)OCc1ccccc1.COc1nc(N)nc2c1ncn2CCOCP(=O)([O-])O. The number of anilines is 2. The van der Waals surface area contributed by atoms with Crippen LogP contribution in [0.25, 0.3) is 22.3 Å². The normalized spacial score (nSPS) is 14.1. The summed E-state index contributed by atoms with van der Waals surface area (Å²) in [4.78, 5) is 55.1. The summed E-state index contributed by atoms with van der Waals surface area (Å²) in [6.07, 6.45) is 12.7. The number of nitrogens with two attached hydrogens (primary N) is 2. The molecule has 1 aliphatic heterocycles. The van der Waals surface area contributed by atoms with Crippen LogP contribution in [0.3, 0.4) is 0 Å². The Balaban J connectivity index is 0.000000259. The molecule has 0 amide bonds. The van der Waals surface area contributed by atoms with E-state index in [2.05, 4.69) is 50.7 Å². The van der Waals surface area contributed by atoms with E-state index >= 15 is 0 Å². The van der Waals surface area contributed by atoms with Gasteiger partial charge in [-0.3, -0.25) is 4.57 Å². The van der Waals surface area contributed by atoms with Gasteiger partial charge in [0.1, 0.15) is 12.7 Å². The molecule has 0 aliphatic carbocycles. The average Bonchev–Trinajstić information content (AvgIpc) is 4.09. The minimum absolute atomic E-state index is 0.0384. The Labute approximate surface area is 381 Å². The van der Waals surface area contributed by atoms with Gasteiger partial charge in [-0.2, -0.15) is 19.9 Å². The van der Waals surface area contributed by atoms with E-state index in [0.717, 1.165) is 18.8 Å². The molecule has 0 spiro atoms. The summed E-state index contributed by atoms with van der Waals surface area (Å²) in [5.74, 6) is 0.644. The third-order valence-corrected chi connectivity index (χ3v) is 11.1. The predicted octanol–water partition coefficient (Wildman–Crippen LogP) is 3.80. The van der Waals surface area contributed by atoms with E-state index in [1.165, 1.54) is 91.5 Å². The zero-order valence-corrected chi connectivity index (χ0v) is 40.2. The molecule has 364 valence electrons. The summed E-state index contributed by atoms with van der Waals surface area (Å²) in [6, 6.07) is 9.15. The standard InChI is InChI=1S/C16H20N5O5P.C12H27N.C9H14N5O5P.C4H8O/c1-24-15-13-14(19-16(17)20-15)21(10-18-13)7-8-25-11-27(22,23)26-9-12-5-3-2-4-6-12;1-4-7-10-13(11-8-5-2)12-9-6-3;1-18-8-6-7(12-9(10)13-8)14(4-11-6)2-3-19-5-20(15,16)17;1-2-4-5-3-1/h2-6,10H,7-9,11H2,1H3,(H,22,23)(H2,17,19,20);4-12H2,1-3H3;4H,2-3,5H2,1H3,(H2,10,12,13)(H2,15,16,17);1-4H2. The molecular weight excluding hydrogens is 884 g/mol. The van der Waals surface area contributed by atoms with Crippen molar-refractivity contribution in [2.45, 2.75) is 91.8 Å². The molecule has 22 nitrogen and oxygen atoms in total. The second kappa shape index (κ2) is 30.0. The molecule has 1 aromatic carbocycles. The molecule has 1 aliphatic rings. The molecule has 2 unspecified atom stereocenters. The molecule has 65 heavy (non-hydrogen) atoms. The van der Waals surface area contributed by atoms with Gasteiger partial charge in [0.2, 0.25) is 23.7 Å². The van der Waals surface area contributed by atoms with Gasteiger partial charge in [-0.05, 0) is 37.7 Å². The van der Waals surface area contributed by atoms with Crippen molar-refractivity contribution in [2.24, 2.45) is 0 Å². The second-order valence-electron chi connectivity index (χ2n) is 14.9. The number of aromatic nitrogens is 8. The number of hydrogen-bond acceptors (Lipinski definition) is 17. The highest BCUT2D eigenvalue weighted by Crippen LogP contribution is 2.42. The number of benzene rings is 1. The first kappa shape index (κ1) is 55.0. The maximum absolute atomic E-state index is 12.0. The maximum Gasteiger partial charge on any atom is 0.353 e. The lowest BCUT2D eigenvalue weighted by Crippen LogP contribution is -3.12. The summed E-state index contributed by atoms with van der Waals surface area (Å²) in [5.41, 5.74) is 13.9. The van der Waals surface area contributed by atoms with Crippen molar-refractivity contribution in [3.63, 3.8) is 0 Å². The van der Waals surface area contributed by atoms with Gasteiger partial charge >= 0.3 is 7.60 Å². The Morgan fingerprint density at radius 2 is 1.20 bits per heavy atom. The van der Waals surface area contributed by atoms with Crippen LogP contribution in [-0.2, 0) is 47.6 Å². The first-order valence-corrected chi connectivity index (χ1v) is 25.4. The molecule has 2 atom stereocenters. The van der Waals surface area contributed by atoms with Crippen molar-refractivity contribution in [1.82, 2.24) is 39.0 Å². The van der Waals surface area contributed by atoms with E-state index in [-0.39, 0.29) is 50.0 Å². The first-order chi connectivity index (χ1) is 31.2. The van der Waals surface area contributed by atoms with Crippen molar-refractivity contribution in [2.75, 3.05) is 84.4 Å². The Hall–Kier alpha value is -4.34. The van der Waals surface area contributed by atoms with Gasteiger partial charge < -0.3 is 73.0 Å². The minimum Gasteiger partial charge on any atom is -0.777 e. The quantitative estimate of drug-likeness (QED) is 0.0434. The number of nitrogen functional groups attached to an aromatic ring is 2. The number of ether oxygens (including phenoxy) is 5. The lowest BCUT2D eigenvalue weighted by atomic mass is 10.2. The average molecular weight is 954 g/mol. The van der Waals surface area contributed by atoms with Crippen molar-refractivity contribution in [3.8, 4) is 11.8 Å². The molecule has 1 saturated heterocycles. The molecule has 0 radical (unpaired) electrons. The van der Waals surface area contributed by atoms with Gasteiger partial charge in [0.05, 0.1) is 66.3 Å². The van der Waals surface area contributed by atoms with Gasteiger partial charge in [-0.1, -0.05) is 70.4 Å². The molecule has 4 aromatic heterocycles. The fraction of sp³-hybridized carbons (Fsp3) is 0.610. The molecule has 0 saturated carbocycles. The van der Waals surface area contributed by atoms with Crippen LogP contribution in [-0.4, -0.2) is 122 Å². The number of imidazole rings is 2. The van der Waals surface area contributed by atoms with E-state index in [0.29, 0.717) is 28.9 Å². The molecule has 1 fully saturated rings. The van der Waals surface area contributed by atoms with Gasteiger partial charge in [0.25, 0.3) is 0 Å². The molecule has 5 heterocycles. The maximum atomic E-state index is 12.0. The summed E-state index contributed by atoms with van der Waals surface area (Å²) in [7, 11) is -5.34. The van der Waals surface area contributed by atoms with E-state index in [9.17, 15) is 18.9 Å². The highest BCUT2D eigenvalue weighted by Gasteiger charge is 2.20. The first-order valence-electron chi connectivity index (χ1n) is 21.9. The number of methoxy groups -OCH3 is 2. The van der Waals surface area contributed by atoms with E-state index in [4.69, 9.17) is 44.6 Å². The van der Waals surface area contributed by atoms with Gasteiger partial charge in [0.15, 0.2) is 29.9 Å². The molecule has 6 rings (SSSR count). The number of fused-ring (bicyclic) bond motifs is 2. The summed E-state index contributed by atoms with van der Waals surface area (Å²) in [5, 5.41) is 0. The van der Waals surface area contributed by atoms with E-state index in [1.807, 2.05) is 35.2 Å². The molecule has 0 bridgehead atoms. The topological polar surface area (TPSA) is 297 Å². The Kier molecular flexibility index (Phi) is 25.4. The number of rotatable bonds is 24. The van der Waals surface area contributed by atoms with Crippen molar-refractivity contribution >= 4 is 49.4 Å². The highest BCUT2D eigenvalue weighted by atomic mass is 31.2. The third-order valence-electron chi connectivity index (χ3n) is 9.50. The smallest absolute Gasteiger partial charge is 0.353 e. The van der Waals surface area contributed by atoms with Crippen LogP contribution in [0.15, 0.2) is 43.0 Å². The van der Waals surface area contributed by atoms with Crippen LogP contribution in [0.5, 0.6) is 11.8 Å². The summed E-state index contributed by atoms with van der Waals surface area (Å²) in [6.45, 7) is 14.0. The van der Waals surface area contributed by atoms with E-state index < -0.39 is 27.9 Å². The second-order valence-corrected chi connectivity index (χ2v) is 18.2. The van der Waals surface area contributed by atoms with Crippen LogP contribution in [0, 0.1) is 0 Å². The van der Waals surface area contributed by atoms with Crippen molar-refractivity contribution in [3.05, 3.63) is 48.5 Å². The van der Waals surface area contributed by atoms with Crippen LogP contribution < -0.4 is 30.7 Å². The fourth-order valence-corrected chi connectivity index (χ4v) is 7.26. The number of nitrogens with one attached hydrogen (secondary N) is 1. The lowest BCUT2D eigenvalue weighted by Gasteiger charge is -2.18. The monoisotopic (exact) mass is 953 g/mol. The molecule has 24 heteroatoms. The lowest BCUT2D eigenvalue weighted by molar-refractivity contribution is -0.900. The summed E-state index contributed by atoms with van der Waals surface area (Å²) < 4.78 is 56.2. The largest absolute Gasteiger partial charge is 0.777 e. The molecular formula is C41H69N11O11P2. The van der Waals surface area contributed by atoms with Gasteiger partial charge in [-0.25, -0.2) is 9.97 Å². The summed E-state index contributed by atoms with van der Waals surface area (Å²) >= 11 is 0. The number of unbranched alkanes of at least 4 members (excludes halogenated alkanes) is 3. The van der Waals surface area contributed by atoms with Crippen LogP contribution in [0.2, 0.25) is 0 Å². The van der Waals surface area contributed by atoms with Crippen LogP contribution in [0.4, 0.5) is 11.9 Å². The highest BCUT2D eigenvalue weighted by molar-refractivity contribution is 7.52. The Morgan fingerprint density at radius 1 is 0.738 bits per heavy atom. The van der Waals surface area contributed by atoms with Gasteiger partial charge in [-0.15, -0.1) is 0 Å². The number of nitrogens with zero attached hydrogens (tertiary/aromatic N) is 8. The Morgan fingerprint density at radius 3 is 1.60 bits per heavy atom. The Bertz CT molecular complexity index is 2150. The van der Waals surface area contributed by atoms with Crippen molar-refractivity contribution < 1.29 is 56.9 Å². The fourth-order valence-electron chi connectivity index (χ4n) is 6.12. The van der Waals surface area contributed by atoms with Crippen molar-refractivity contribution in [1.29, 1.82) is 0 Å². The third kappa shape index (κ3) is 21.2. The molecule has 7 N–H and O–H groups in total. The van der Waals surface area contributed by atoms with Crippen LogP contribution >= 0.6 is 15.2 Å². The predicted molar refractivity (Wildman–Crippen MR) is 245 cm³/mol. The van der Waals surface area contributed by atoms with Crippen LogP contribution in [0.1, 0.15) is 77.7 Å². The van der Waals surface area contributed by atoms with E-state index in [1.54, 1.807) is 15.5 Å². The zero-order valence-electron chi connectivity index (χ0n) is 38.4. The zero-order chi connectivity index (χ0) is 47.5.